The Kier molecular flexibility index (Phi) is 3.30. The Morgan fingerprint density at radius 2 is 2.10 bits per heavy atom. The number of pyridine rings is 1. The van der Waals surface area contributed by atoms with E-state index in [-0.39, 0.29) is 18.0 Å². The summed E-state index contributed by atoms with van der Waals surface area (Å²) in [6, 6.07) is 2.85. The van der Waals surface area contributed by atoms with Gasteiger partial charge in [-0.1, -0.05) is 0 Å². The fraction of sp³-hybridized carbons (Fsp3) is 0.500. The highest BCUT2D eigenvalue weighted by molar-refractivity contribution is 5.89. The van der Waals surface area contributed by atoms with E-state index < -0.39 is 11.9 Å². The molecule has 106 valence electrons. The van der Waals surface area contributed by atoms with E-state index in [4.69, 9.17) is 0 Å². The molecular weight excluding hydrogens is 258 g/mol. The van der Waals surface area contributed by atoms with Crippen LogP contribution in [0.4, 0.5) is 10.5 Å². The average molecular weight is 275 g/mol. The minimum absolute atomic E-state index is 0.209. The van der Waals surface area contributed by atoms with E-state index in [9.17, 15) is 14.7 Å². The van der Waals surface area contributed by atoms with Gasteiger partial charge in [-0.3, -0.25) is 9.78 Å². The molecule has 2 bridgehead atoms. The molecule has 0 saturated heterocycles. The van der Waals surface area contributed by atoms with Crippen LogP contribution in [0.25, 0.3) is 0 Å². The van der Waals surface area contributed by atoms with Crippen molar-refractivity contribution in [1.29, 1.82) is 0 Å². The maximum Gasteiger partial charge on any atom is 0.319 e. The van der Waals surface area contributed by atoms with Crippen molar-refractivity contribution < 1.29 is 14.7 Å². The third-order valence-corrected chi connectivity index (χ3v) is 4.42. The molecule has 0 aromatic carbocycles. The van der Waals surface area contributed by atoms with E-state index in [0.29, 0.717) is 11.6 Å². The number of nitrogens with zero attached hydrogens (tertiary/aromatic N) is 1. The molecule has 1 aromatic rings. The summed E-state index contributed by atoms with van der Waals surface area (Å²) in [6.45, 7) is 0. The van der Waals surface area contributed by atoms with Crippen LogP contribution >= 0.6 is 0 Å². The molecule has 1 aromatic heterocycles. The van der Waals surface area contributed by atoms with E-state index in [1.54, 1.807) is 24.5 Å². The second kappa shape index (κ2) is 5.11. The predicted molar refractivity (Wildman–Crippen MR) is 72.1 cm³/mol. The van der Waals surface area contributed by atoms with Crippen LogP contribution in [0.2, 0.25) is 0 Å². The number of carbonyl (C=O) groups is 2. The van der Waals surface area contributed by atoms with Crippen molar-refractivity contribution in [1.82, 2.24) is 10.3 Å². The van der Waals surface area contributed by atoms with Gasteiger partial charge in [0.2, 0.25) is 0 Å². The molecule has 3 N–H and O–H groups in total. The molecule has 1 heterocycles. The maximum atomic E-state index is 12.0. The topological polar surface area (TPSA) is 91.3 Å². The Bertz CT molecular complexity index is 520. The van der Waals surface area contributed by atoms with Crippen LogP contribution in [0.1, 0.15) is 19.3 Å². The zero-order valence-electron chi connectivity index (χ0n) is 11.0. The lowest BCUT2D eigenvalue weighted by atomic mass is 9.84. The summed E-state index contributed by atoms with van der Waals surface area (Å²) in [5.41, 5.74) is 0.597. The number of rotatable bonds is 3. The van der Waals surface area contributed by atoms with E-state index in [2.05, 4.69) is 15.6 Å². The van der Waals surface area contributed by atoms with Gasteiger partial charge in [-0.2, -0.15) is 0 Å². The fourth-order valence-corrected chi connectivity index (χ4v) is 3.61. The molecule has 6 heteroatoms. The zero-order chi connectivity index (χ0) is 14.1. The number of aromatic nitrogens is 1. The van der Waals surface area contributed by atoms with Crippen molar-refractivity contribution in [3.8, 4) is 0 Å². The van der Waals surface area contributed by atoms with Gasteiger partial charge in [0.05, 0.1) is 17.8 Å². The summed E-state index contributed by atoms with van der Waals surface area (Å²) in [5, 5.41) is 14.8. The molecule has 2 aliphatic rings. The van der Waals surface area contributed by atoms with Crippen molar-refractivity contribution >= 4 is 17.7 Å². The minimum atomic E-state index is -0.802. The first-order chi connectivity index (χ1) is 9.65. The third-order valence-electron chi connectivity index (χ3n) is 4.42. The molecule has 2 amide bonds. The first-order valence-corrected chi connectivity index (χ1v) is 6.85. The van der Waals surface area contributed by atoms with Crippen LogP contribution in [-0.2, 0) is 4.79 Å². The summed E-state index contributed by atoms with van der Waals surface area (Å²) in [4.78, 5) is 27.2. The summed E-state index contributed by atoms with van der Waals surface area (Å²) < 4.78 is 0. The third kappa shape index (κ3) is 2.33. The van der Waals surface area contributed by atoms with E-state index in [1.807, 2.05) is 0 Å². The van der Waals surface area contributed by atoms with Crippen LogP contribution in [0, 0.1) is 17.8 Å². The minimum Gasteiger partial charge on any atom is -0.481 e. The number of hydrogen-bond donors (Lipinski definition) is 3. The molecule has 4 atom stereocenters. The Balaban J connectivity index is 1.65. The number of aliphatic carboxylic acids is 1. The SMILES string of the molecule is O=C(Nc1cccnc1)NC1C2CCC(C2)C1C(=O)O. The number of nitrogens with one attached hydrogen (secondary N) is 2. The number of carboxylic acid groups (broad SMARTS) is 1. The molecule has 3 rings (SSSR count). The molecule has 0 aliphatic heterocycles. The van der Waals surface area contributed by atoms with Gasteiger partial charge < -0.3 is 15.7 Å². The van der Waals surface area contributed by atoms with Crippen molar-refractivity contribution in [2.75, 3.05) is 5.32 Å². The normalized spacial score (nSPS) is 31.0. The van der Waals surface area contributed by atoms with Gasteiger partial charge in [0.1, 0.15) is 0 Å². The monoisotopic (exact) mass is 275 g/mol. The second-order valence-electron chi connectivity index (χ2n) is 5.56. The highest BCUT2D eigenvalue weighted by Crippen LogP contribution is 2.48. The molecule has 2 saturated carbocycles. The molecule has 2 fully saturated rings. The molecule has 4 unspecified atom stereocenters. The average Bonchev–Trinajstić information content (AvgIpc) is 3.00. The molecule has 0 radical (unpaired) electrons. The van der Waals surface area contributed by atoms with Gasteiger partial charge in [-0.15, -0.1) is 0 Å². The Labute approximate surface area is 116 Å². The van der Waals surface area contributed by atoms with Gasteiger partial charge in [-0.25, -0.2) is 4.79 Å². The Hall–Kier alpha value is -2.11. The number of urea groups is 1. The number of carboxylic acids is 1. The van der Waals surface area contributed by atoms with Crippen molar-refractivity contribution in [3.05, 3.63) is 24.5 Å². The number of hydrogen-bond acceptors (Lipinski definition) is 3. The maximum absolute atomic E-state index is 12.0. The van der Waals surface area contributed by atoms with E-state index in [1.165, 1.54) is 0 Å². The van der Waals surface area contributed by atoms with Crippen LogP contribution in [-0.4, -0.2) is 28.1 Å². The highest BCUT2D eigenvalue weighted by atomic mass is 16.4. The van der Waals surface area contributed by atoms with Crippen molar-refractivity contribution in [3.63, 3.8) is 0 Å². The first kappa shape index (κ1) is 12.9. The van der Waals surface area contributed by atoms with Gasteiger partial charge in [0.25, 0.3) is 0 Å². The molecular formula is C14H17N3O3. The van der Waals surface area contributed by atoms with Crippen LogP contribution in [0.5, 0.6) is 0 Å². The summed E-state index contributed by atoms with van der Waals surface area (Å²) >= 11 is 0. The zero-order valence-corrected chi connectivity index (χ0v) is 11.0. The smallest absolute Gasteiger partial charge is 0.319 e. The standard InChI is InChI=1S/C14H17N3O3/c18-13(19)11-8-3-4-9(6-8)12(11)17-14(20)16-10-2-1-5-15-7-10/h1-2,5,7-9,11-12H,3-4,6H2,(H,18,19)(H2,16,17,20). The number of anilines is 1. The summed E-state index contributed by atoms with van der Waals surface area (Å²) in [6.07, 6.45) is 6.06. The second-order valence-corrected chi connectivity index (χ2v) is 5.56. The lowest BCUT2D eigenvalue weighted by Gasteiger charge is -2.28. The Morgan fingerprint density at radius 3 is 2.80 bits per heavy atom. The lowest BCUT2D eigenvalue weighted by molar-refractivity contribution is -0.144. The summed E-state index contributed by atoms with van der Waals surface area (Å²) in [7, 11) is 0. The highest BCUT2D eigenvalue weighted by Gasteiger charge is 2.51. The number of amides is 2. The van der Waals surface area contributed by atoms with Crippen LogP contribution in [0.15, 0.2) is 24.5 Å². The number of carbonyl (C=O) groups excluding carboxylic acids is 1. The van der Waals surface area contributed by atoms with Gasteiger partial charge >= 0.3 is 12.0 Å². The molecule has 6 nitrogen and oxygen atoms in total. The van der Waals surface area contributed by atoms with E-state index >= 15 is 0 Å². The fourth-order valence-electron chi connectivity index (χ4n) is 3.61. The molecule has 2 aliphatic carbocycles. The lowest BCUT2D eigenvalue weighted by Crippen LogP contribution is -2.48. The van der Waals surface area contributed by atoms with Gasteiger partial charge in [0.15, 0.2) is 0 Å². The van der Waals surface area contributed by atoms with Crippen LogP contribution in [0.3, 0.4) is 0 Å². The molecule has 20 heavy (non-hydrogen) atoms. The van der Waals surface area contributed by atoms with Crippen LogP contribution < -0.4 is 10.6 Å². The predicted octanol–water partition coefficient (Wildman–Crippen LogP) is 1.70. The van der Waals surface area contributed by atoms with Crippen molar-refractivity contribution in [2.45, 2.75) is 25.3 Å². The van der Waals surface area contributed by atoms with Gasteiger partial charge in [0, 0.05) is 12.2 Å². The van der Waals surface area contributed by atoms with E-state index in [0.717, 1.165) is 19.3 Å². The quantitative estimate of drug-likeness (QED) is 0.783. The van der Waals surface area contributed by atoms with Crippen molar-refractivity contribution in [2.24, 2.45) is 17.8 Å². The Morgan fingerprint density at radius 1 is 1.30 bits per heavy atom. The first-order valence-electron chi connectivity index (χ1n) is 6.85. The molecule has 0 spiro atoms. The largest absolute Gasteiger partial charge is 0.481 e. The number of fused-ring (bicyclic) bond motifs is 2. The van der Waals surface area contributed by atoms with Gasteiger partial charge in [-0.05, 0) is 43.2 Å². The summed E-state index contributed by atoms with van der Waals surface area (Å²) in [5.74, 6) is -0.751.